The molecule has 0 unspecified atom stereocenters. The van der Waals surface area contributed by atoms with Gasteiger partial charge in [-0.05, 0) is 29.8 Å². The summed E-state index contributed by atoms with van der Waals surface area (Å²) in [6.07, 6.45) is 1.44. The molecule has 0 spiro atoms. The topological polar surface area (TPSA) is 67.7 Å². The maximum atomic E-state index is 12.6. The zero-order valence-electron chi connectivity index (χ0n) is 16.5. The molecule has 0 radical (unpaired) electrons. The maximum absolute atomic E-state index is 12.6. The van der Waals surface area contributed by atoms with Crippen LogP contribution in [-0.4, -0.2) is 53.7 Å². The van der Waals surface area contributed by atoms with Gasteiger partial charge in [0.1, 0.15) is 6.54 Å². The molecule has 7 nitrogen and oxygen atoms in total. The number of amides is 1. The molecule has 150 valence electrons. The average Bonchev–Trinajstić information content (AvgIpc) is 2.77. The van der Waals surface area contributed by atoms with Crippen molar-refractivity contribution in [2.45, 2.75) is 13.1 Å². The first-order valence-electron chi connectivity index (χ1n) is 9.71. The molecule has 1 aromatic heterocycles. The number of morpholine rings is 1. The Hall–Kier alpha value is -3.19. The highest BCUT2D eigenvalue weighted by molar-refractivity contribution is 5.78. The van der Waals surface area contributed by atoms with Crippen molar-refractivity contribution in [1.29, 1.82) is 0 Å². The Bertz CT molecular complexity index is 1060. The van der Waals surface area contributed by atoms with Gasteiger partial charge in [0.2, 0.25) is 5.91 Å². The van der Waals surface area contributed by atoms with Crippen molar-refractivity contribution in [3.05, 3.63) is 70.8 Å². The van der Waals surface area contributed by atoms with Crippen LogP contribution in [0.3, 0.4) is 0 Å². The third-order valence-electron chi connectivity index (χ3n) is 5.20. The van der Waals surface area contributed by atoms with E-state index in [2.05, 4.69) is 22.0 Å². The van der Waals surface area contributed by atoms with Gasteiger partial charge in [0, 0.05) is 32.4 Å². The van der Waals surface area contributed by atoms with E-state index in [1.54, 1.807) is 30.1 Å². The number of carbonyl (C=O) groups excluding carboxylic acids is 1. The summed E-state index contributed by atoms with van der Waals surface area (Å²) in [5, 5.41) is 0.518. The molecule has 7 heteroatoms. The molecule has 1 fully saturated rings. The minimum atomic E-state index is -0.202. The lowest BCUT2D eigenvalue weighted by molar-refractivity contribution is -0.131. The molecule has 1 amide bonds. The van der Waals surface area contributed by atoms with Crippen LogP contribution in [0, 0.1) is 0 Å². The van der Waals surface area contributed by atoms with Crippen molar-refractivity contribution in [3.63, 3.8) is 0 Å². The van der Waals surface area contributed by atoms with E-state index in [4.69, 9.17) is 4.74 Å². The van der Waals surface area contributed by atoms with Crippen LogP contribution in [0.1, 0.15) is 5.56 Å². The zero-order chi connectivity index (χ0) is 20.2. The number of aromatic nitrogens is 2. The number of anilines is 1. The number of benzene rings is 2. The molecular formula is C22H24N4O3. The minimum absolute atomic E-state index is 0.0287. The average molecular weight is 392 g/mol. The molecule has 0 bridgehead atoms. The molecule has 4 rings (SSSR count). The Balaban J connectivity index is 1.41. The second kappa shape index (κ2) is 8.45. The van der Waals surface area contributed by atoms with Crippen LogP contribution >= 0.6 is 0 Å². The van der Waals surface area contributed by atoms with E-state index in [-0.39, 0.29) is 18.0 Å². The van der Waals surface area contributed by atoms with Gasteiger partial charge in [0.15, 0.2) is 0 Å². The molecule has 0 saturated carbocycles. The molecule has 1 aliphatic rings. The van der Waals surface area contributed by atoms with Crippen molar-refractivity contribution in [3.8, 4) is 0 Å². The zero-order valence-corrected chi connectivity index (χ0v) is 16.5. The van der Waals surface area contributed by atoms with Crippen LogP contribution in [-0.2, 0) is 22.6 Å². The van der Waals surface area contributed by atoms with Gasteiger partial charge in [-0.15, -0.1) is 0 Å². The number of hydrogen-bond donors (Lipinski definition) is 0. The third kappa shape index (κ3) is 4.30. The van der Waals surface area contributed by atoms with E-state index < -0.39 is 0 Å². The molecule has 3 aromatic rings. The largest absolute Gasteiger partial charge is 0.378 e. The molecule has 0 N–H and O–H groups in total. The highest BCUT2D eigenvalue weighted by atomic mass is 16.5. The summed E-state index contributed by atoms with van der Waals surface area (Å²) in [4.78, 5) is 33.4. The Morgan fingerprint density at radius 2 is 1.83 bits per heavy atom. The minimum Gasteiger partial charge on any atom is -0.378 e. The van der Waals surface area contributed by atoms with Crippen LogP contribution in [0.5, 0.6) is 0 Å². The van der Waals surface area contributed by atoms with E-state index in [0.29, 0.717) is 17.4 Å². The van der Waals surface area contributed by atoms with Gasteiger partial charge in [-0.3, -0.25) is 14.2 Å². The fourth-order valence-electron chi connectivity index (χ4n) is 3.48. The lowest BCUT2D eigenvalue weighted by Crippen LogP contribution is -2.36. The van der Waals surface area contributed by atoms with E-state index in [9.17, 15) is 9.59 Å². The summed E-state index contributed by atoms with van der Waals surface area (Å²) in [5.41, 5.74) is 2.64. The number of nitrogens with zero attached hydrogens (tertiary/aromatic N) is 4. The van der Waals surface area contributed by atoms with Gasteiger partial charge < -0.3 is 14.5 Å². The summed E-state index contributed by atoms with van der Waals surface area (Å²) in [6.45, 7) is 3.75. The number of ether oxygens (including phenoxy) is 1. The predicted octanol–water partition coefficient (Wildman–Crippen LogP) is 1.89. The lowest BCUT2D eigenvalue weighted by atomic mass is 10.1. The van der Waals surface area contributed by atoms with Crippen LogP contribution in [0.15, 0.2) is 59.7 Å². The van der Waals surface area contributed by atoms with Crippen molar-refractivity contribution in [1.82, 2.24) is 14.5 Å². The van der Waals surface area contributed by atoms with E-state index in [1.165, 1.54) is 16.6 Å². The van der Waals surface area contributed by atoms with Gasteiger partial charge in [-0.2, -0.15) is 0 Å². The van der Waals surface area contributed by atoms with E-state index in [0.717, 1.165) is 31.9 Å². The molecule has 1 aliphatic heterocycles. The molecule has 2 heterocycles. The second-order valence-electron chi connectivity index (χ2n) is 7.21. The molecule has 0 aliphatic carbocycles. The van der Waals surface area contributed by atoms with Crippen LogP contribution < -0.4 is 10.5 Å². The first-order chi connectivity index (χ1) is 14.1. The van der Waals surface area contributed by atoms with Crippen LogP contribution in [0.25, 0.3) is 10.9 Å². The Morgan fingerprint density at radius 3 is 2.59 bits per heavy atom. The summed E-state index contributed by atoms with van der Waals surface area (Å²) >= 11 is 0. The highest BCUT2D eigenvalue weighted by Gasteiger charge is 2.14. The normalized spacial score (nSPS) is 14.2. The summed E-state index contributed by atoms with van der Waals surface area (Å²) < 4.78 is 6.75. The fourth-order valence-corrected chi connectivity index (χ4v) is 3.48. The predicted molar refractivity (Wildman–Crippen MR) is 112 cm³/mol. The van der Waals surface area contributed by atoms with E-state index in [1.807, 2.05) is 18.2 Å². The Morgan fingerprint density at radius 1 is 1.10 bits per heavy atom. The highest BCUT2D eigenvalue weighted by Crippen LogP contribution is 2.17. The van der Waals surface area contributed by atoms with Crippen molar-refractivity contribution in [2.75, 3.05) is 38.3 Å². The number of rotatable bonds is 5. The van der Waals surface area contributed by atoms with Crippen molar-refractivity contribution in [2.24, 2.45) is 0 Å². The lowest BCUT2D eigenvalue weighted by Gasteiger charge is -2.29. The number of fused-ring (bicyclic) bond motifs is 1. The molecule has 29 heavy (non-hydrogen) atoms. The van der Waals surface area contributed by atoms with Gasteiger partial charge >= 0.3 is 0 Å². The van der Waals surface area contributed by atoms with Crippen LogP contribution in [0.2, 0.25) is 0 Å². The second-order valence-corrected chi connectivity index (χ2v) is 7.21. The quantitative estimate of drug-likeness (QED) is 0.663. The standard InChI is InChI=1S/C22H24N4O3/c1-24(14-17-6-8-18(9-7-17)25-10-12-29-13-11-25)21(27)15-26-16-23-20-5-3-2-4-19(20)22(26)28/h2-9,16H,10-15H2,1H3. The number of hydrogen-bond acceptors (Lipinski definition) is 5. The first-order valence-corrected chi connectivity index (χ1v) is 9.71. The van der Waals surface area contributed by atoms with Gasteiger partial charge in [0.25, 0.3) is 5.56 Å². The maximum Gasteiger partial charge on any atom is 0.261 e. The van der Waals surface area contributed by atoms with Crippen LogP contribution in [0.4, 0.5) is 5.69 Å². The SMILES string of the molecule is CN(Cc1ccc(N2CCOCC2)cc1)C(=O)Cn1cnc2ccccc2c1=O. The first kappa shape index (κ1) is 19.1. The summed E-state index contributed by atoms with van der Waals surface area (Å²) in [7, 11) is 1.75. The van der Waals surface area contributed by atoms with Gasteiger partial charge in [0.05, 0.1) is 30.4 Å². The van der Waals surface area contributed by atoms with Crippen molar-refractivity contribution >= 4 is 22.5 Å². The Labute approximate surface area is 169 Å². The molecular weight excluding hydrogens is 368 g/mol. The molecule has 2 aromatic carbocycles. The van der Waals surface area contributed by atoms with Gasteiger partial charge in [-0.1, -0.05) is 24.3 Å². The number of carbonyl (C=O) groups is 1. The summed E-state index contributed by atoms with van der Waals surface area (Å²) in [5.74, 6) is -0.138. The summed E-state index contributed by atoms with van der Waals surface area (Å²) in [6, 6.07) is 15.4. The smallest absolute Gasteiger partial charge is 0.261 e. The molecule has 1 saturated heterocycles. The van der Waals surface area contributed by atoms with Crippen molar-refractivity contribution < 1.29 is 9.53 Å². The monoisotopic (exact) mass is 392 g/mol. The Kier molecular flexibility index (Phi) is 5.57. The molecule has 0 atom stereocenters. The number of likely N-dealkylation sites (N-methyl/N-ethyl adjacent to an activating group) is 1. The van der Waals surface area contributed by atoms with Gasteiger partial charge in [-0.25, -0.2) is 4.98 Å². The number of para-hydroxylation sites is 1. The van der Waals surface area contributed by atoms with E-state index >= 15 is 0 Å². The third-order valence-corrected chi connectivity index (χ3v) is 5.20. The fraction of sp³-hybridized carbons (Fsp3) is 0.318.